The van der Waals surface area contributed by atoms with Gasteiger partial charge in [0.15, 0.2) is 0 Å². The van der Waals surface area contributed by atoms with E-state index in [-0.39, 0.29) is 18.1 Å². The Hall–Kier alpha value is -2.35. The normalized spacial score (nSPS) is 21.9. The average Bonchev–Trinajstić information content (AvgIpc) is 2.58. The fraction of sp³-hybridized carbons (Fsp3) is 0.529. The Bertz CT molecular complexity index is 674. The number of carbonyl (C=O) groups is 2. The molecule has 2 aliphatic heterocycles. The van der Waals surface area contributed by atoms with Gasteiger partial charge >= 0.3 is 0 Å². The molecule has 8 heteroatoms. The van der Waals surface area contributed by atoms with Crippen LogP contribution in [0.5, 0.6) is 5.75 Å². The number of hydrogen-bond acceptors (Lipinski definition) is 6. The predicted molar refractivity (Wildman–Crippen MR) is 92.5 cm³/mol. The highest BCUT2D eigenvalue weighted by Crippen LogP contribution is 2.34. The SMILES string of the molecule is COc1cc(N2CCN(C)CC2)c(F)cc1NC1CCC(=O)NC1=O. The summed E-state index contributed by atoms with van der Waals surface area (Å²) in [5.74, 6) is -0.575. The first kappa shape index (κ1) is 17.5. The molecule has 0 spiro atoms. The van der Waals surface area contributed by atoms with E-state index in [0.717, 1.165) is 26.2 Å². The summed E-state index contributed by atoms with van der Waals surface area (Å²) in [6.45, 7) is 3.24. The van der Waals surface area contributed by atoms with Gasteiger partial charge in [-0.2, -0.15) is 0 Å². The minimum Gasteiger partial charge on any atom is -0.495 e. The number of likely N-dealkylation sites (N-methyl/N-ethyl adjacent to an activating group) is 1. The van der Waals surface area contributed by atoms with Gasteiger partial charge in [0.2, 0.25) is 11.8 Å². The van der Waals surface area contributed by atoms with Gasteiger partial charge in [-0.1, -0.05) is 0 Å². The molecule has 0 bridgehead atoms. The fourth-order valence-electron chi connectivity index (χ4n) is 3.13. The maximum Gasteiger partial charge on any atom is 0.249 e. The van der Waals surface area contributed by atoms with E-state index in [4.69, 9.17) is 4.74 Å². The second-order valence-corrected chi connectivity index (χ2v) is 6.44. The number of halogens is 1. The smallest absolute Gasteiger partial charge is 0.249 e. The van der Waals surface area contributed by atoms with Gasteiger partial charge in [-0.3, -0.25) is 14.9 Å². The zero-order chi connectivity index (χ0) is 18.0. The molecule has 2 aliphatic rings. The van der Waals surface area contributed by atoms with E-state index in [1.165, 1.54) is 13.2 Å². The highest BCUT2D eigenvalue weighted by Gasteiger charge is 2.28. The molecule has 2 heterocycles. The van der Waals surface area contributed by atoms with E-state index in [1.807, 2.05) is 11.9 Å². The number of amides is 2. The van der Waals surface area contributed by atoms with Crippen molar-refractivity contribution in [3.63, 3.8) is 0 Å². The molecular formula is C17H23FN4O3. The maximum absolute atomic E-state index is 14.7. The molecule has 1 aromatic carbocycles. The number of piperazine rings is 1. The zero-order valence-electron chi connectivity index (χ0n) is 14.5. The Balaban J connectivity index is 1.80. The van der Waals surface area contributed by atoms with Crippen molar-refractivity contribution in [2.24, 2.45) is 0 Å². The second-order valence-electron chi connectivity index (χ2n) is 6.44. The van der Waals surface area contributed by atoms with Crippen molar-refractivity contribution >= 4 is 23.2 Å². The van der Waals surface area contributed by atoms with E-state index in [9.17, 15) is 14.0 Å². The summed E-state index contributed by atoms with van der Waals surface area (Å²) in [6, 6.07) is 2.44. The summed E-state index contributed by atoms with van der Waals surface area (Å²) in [5, 5.41) is 5.27. The summed E-state index contributed by atoms with van der Waals surface area (Å²) >= 11 is 0. The first-order valence-electron chi connectivity index (χ1n) is 8.39. The number of rotatable bonds is 4. The third kappa shape index (κ3) is 3.84. The Labute approximate surface area is 146 Å². The van der Waals surface area contributed by atoms with Crippen LogP contribution in [0.3, 0.4) is 0 Å². The minimum absolute atomic E-state index is 0.258. The number of nitrogens with zero attached hydrogens (tertiary/aromatic N) is 2. The van der Waals surface area contributed by atoms with E-state index in [2.05, 4.69) is 15.5 Å². The lowest BCUT2D eigenvalue weighted by molar-refractivity contribution is -0.133. The van der Waals surface area contributed by atoms with Crippen molar-refractivity contribution in [1.82, 2.24) is 10.2 Å². The van der Waals surface area contributed by atoms with Gasteiger partial charge in [0.25, 0.3) is 0 Å². The van der Waals surface area contributed by atoms with Gasteiger partial charge in [-0.05, 0) is 13.5 Å². The highest BCUT2D eigenvalue weighted by molar-refractivity contribution is 6.01. The summed E-state index contributed by atoms with van der Waals surface area (Å²) in [7, 11) is 3.55. The lowest BCUT2D eigenvalue weighted by Gasteiger charge is -2.34. The summed E-state index contributed by atoms with van der Waals surface area (Å²) < 4.78 is 20.0. The molecule has 136 valence electrons. The first-order valence-corrected chi connectivity index (χ1v) is 8.39. The molecule has 0 saturated carbocycles. The molecule has 2 N–H and O–H groups in total. The van der Waals surface area contributed by atoms with Crippen LogP contribution in [0.15, 0.2) is 12.1 Å². The number of benzene rings is 1. The maximum atomic E-state index is 14.7. The number of anilines is 2. The van der Waals surface area contributed by atoms with Crippen LogP contribution in [0.25, 0.3) is 0 Å². The number of imide groups is 1. The summed E-state index contributed by atoms with van der Waals surface area (Å²) in [4.78, 5) is 27.3. The second kappa shape index (κ2) is 7.26. The third-order valence-electron chi connectivity index (χ3n) is 4.68. The molecule has 25 heavy (non-hydrogen) atoms. The van der Waals surface area contributed by atoms with Crippen molar-refractivity contribution < 1.29 is 18.7 Å². The van der Waals surface area contributed by atoms with Gasteiger partial charge in [-0.25, -0.2) is 4.39 Å². The highest BCUT2D eigenvalue weighted by atomic mass is 19.1. The fourth-order valence-corrected chi connectivity index (χ4v) is 3.13. The van der Waals surface area contributed by atoms with Crippen molar-refractivity contribution in [1.29, 1.82) is 0 Å². The standard InChI is InChI=1S/C17H23FN4O3/c1-21-5-7-22(8-6-21)14-10-15(25-2)13(9-11(14)18)19-12-3-4-16(23)20-17(12)24/h9-10,12,19H,3-8H2,1-2H3,(H,20,23,24). The zero-order valence-corrected chi connectivity index (χ0v) is 14.5. The largest absolute Gasteiger partial charge is 0.495 e. The van der Waals surface area contributed by atoms with E-state index >= 15 is 0 Å². The van der Waals surface area contributed by atoms with Crippen LogP contribution < -0.4 is 20.3 Å². The molecular weight excluding hydrogens is 327 g/mol. The van der Waals surface area contributed by atoms with Crippen molar-refractivity contribution in [2.45, 2.75) is 18.9 Å². The Morgan fingerprint density at radius 2 is 1.96 bits per heavy atom. The van der Waals surface area contributed by atoms with Gasteiger partial charge in [0, 0.05) is 44.7 Å². The Morgan fingerprint density at radius 1 is 1.24 bits per heavy atom. The number of carbonyl (C=O) groups excluding carboxylic acids is 2. The number of piperidine rings is 1. The quantitative estimate of drug-likeness (QED) is 0.783. The molecule has 2 saturated heterocycles. The first-order chi connectivity index (χ1) is 12.0. The third-order valence-corrected chi connectivity index (χ3v) is 4.68. The molecule has 1 atom stereocenters. The molecule has 7 nitrogen and oxygen atoms in total. The van der Waals surface area contributed by atoms with Crippen LogP contribution in [0.4, 0.5) is 15.8 Å². The van der Waals surface area contributed by atoms with Crippen molar-refractivity contribution in [3.05, 3.63) is 17.9 Å². The van der Waals surface area contributed by atoms with Crippen LogP contribution in [0.1, 0.15) is 12.8 Å². The van der Waals surface area contributed by atoms with Gasteiger partial charge in [0.1, 0.15) is 17.6 Å². The van der Waals surface area contributed by atoms with E-state index in [0.29, 0.717) is 23.5 Å². The van der Waals surface area contributed by atoms with Crippen LogP contribution in [0.2, 0.25) is 0 Å². The number of methoxy groups -OCH3 is 1. The number of nitrogens with one attached hydrogen (secondary N) is 2. The van der Waals surface area contributed by atoms with E-state index in [1.54, 1.807) is 6.07 Å². The summed E-state index contributed by atoms with van der Waals surface area (Å²) in [5.41, 5.74) is 0.908. The van der Waals surface area contributed by atoms with Crippen LogP contribution >= 0.6 is 0 Å². The van der Waals surface area contributed by atoms with Crippen LogP contribution in [-0.2, 0) is 9.59 Å². The van der Waals surface area contributed by atoms with E-state index < -0.39 is 11.9 Å². The predicted octanol–water partition coefficient (Wildman–Crippen LogP) is 0.803. The molecule has 3 rings (SSSR count). The Kier molecular flexibility index (Phi) is 5.08. The number of ether oxygens (including phenoxy) is 1. The minimum atomic E-state index is -0.583. The average molecular weight is 350 g/mol. The lowest BCUT2D eigenvalue weighted by Crippen LogP contribution is -2.47. The monoisotopic (exact) mass is 350 g/mol. The number of hydrogen-bond donors (Lipinski definition) is 2. The van der Waals surface area contributed by atoms with Gasteiger partial charge in [-0.15, -0.1) is 0 Å². The molecule has 1 aromatic rings. The molecule has 2 fully saturated rings. The van der Waals surface area contributed by atoms with Crippen LogP contribution in [-0.4, -0.2) is 63.1 Å². The van der Waals surface area contributed by atoms with Crippen molar-refractivity contribution in [2.75, 3.05) is 50.6 Å². The van der Waals surface area contributed by atoms with Crippen molar-refractivity contribution in [3.8, 4) is 5.75 Å². The summed E-state index contributed by atoms with van der Waals surface area (Å²) in [6.07, 6.45) is 0.628. The molecule has 0 aliphatic carbocycles. The molecule has 0 aromatic heterocycles. The topological polar surface area (TPSA) is 73.9 Å². The molecule has 2 amide bonds. The lowest BCUT2D eigenvalue weighted by atomic mass is 10.1. The van der Waals surface area contributed by atoms with Gasteiger partial charge in [0.05, 0.1) is 18.5 Å². The molecule has 0 radical (unpaired) electrons. The van der Waals surface area contributed by atoms with Gasteiger partial charge < -0.3 is 19.9 Å². The molecule has 1 unspecified atom stereocenters. The van der Waals surface area contributed by atoms with Crippen LogP contribution in [0, 0.1) is 5.82 Å². The Morgan fingerprint density at radius 3 is 2.60 bits per heavy atom.